The molecule has 106 valence electrons. The molecule has 0 fully saturated rings. The third-order valence-electron chi connectivity index (χ3n) is 2.99. The molecule has 0 saturated heterocycles. The van der Waals surface area contributed by atoms with E-state index in [1.54, 1.807) is 0 Å². The van der Waals surface area contributed by atoms with Crippen LogP contribution >= 0.6 is 0 Å². The molecule has 2 nitrogen and oxygen atoms in total. The predicted molar refractivity (Wildman–Crippen MR) is 74.5 cm³/mol. The molecule has 4 heteroatoms. The summed E-state index contributed by atoms with van der Waals surface area (Å²) in [6.45, 7) is 0.368. The Morgan fingerprint density at radius 1 is 0.950 bits per heavy atom. The van der Waals surface area contributed by atoms with Crippen molar-refractivity contribution in [3.63, 3.8) is 0 Å². The molecule has 0 radical (unpaired) electrons. The van der Waals surface area contributed by atoms with E-state index in [2.05, 4.69) is 0 Å². The molecule has 0 bridgehead atoms. The molecule has 0 aliphatic heterocycles. The molecule has 20 heavy (non-hydrogen) atoms. The van der Waals surface area contributed by atoms with Gasteiger partial charge in [0.25, 0.3) is 0 Å². The van der Waals surface area contributed by atoms with Crippen molar-refractivity contribution in [2.24, 2.45) is 5.73 Å². The topological polar surface area (TPSA) is 35.2 Å². The zero-order chi connectivity index (χ0) is 14.4. The highest BCUT2D eigenvalue weighted by atomic mass is 19.1. The normalized spacial score (nSPS) is 10.6. The number of nitrogens with two attached hydrogens (primary N) is 1. The zero-order valence-corrected chi connectivity index (χ0v) is 11.1. The lowest BCUT2D eigenvalue weighted by molar-refractivity contribution is 0.279. The molecular weight excluding hydrogens is 260 g/mol. The van der Waals surface area contributed by atoms with Crippen LogP contribution in [0.5, 0.6) is 5.75 Å². The third-order valence-corrected chi connectivity index (χ3v) is 2.99. The fourth-order valence-electron chi connectivity index (χ4n) is 1.96. The minimum absolute atomic E-state index is 0.0993. The van der Waals surface area contributed by atoms with Gasteiger partial charge in [0.2, 0.25) is 0 Å². The van der Waals surface area contributed by atoms with Crippen LogP contribution in [0.4, 0.5) is 8.78 Å². The summed E-state index contributed by atoms with van der Waals surface area (Å²) in [6.07, 6.45) is 1.51. The molecule has 0 heterocycles. The molecule has 0 spiro atoms. The van der Waals surface area contributed by atoms with Crippen LogP contribution in [0.1, 0.15) is 17.5 Å². The largest absolute Gasteiger partial charge is 0.488 e. The first-order chi connectivity index (χ1) is 9.70. The molecule has 0 unspecified atom stereocenters. The maximum Gasteiger partial charge on any atom is 0.190 e. The number of aryl methyl sites for hydroxylation is 1. The van der Waals surface area contributed by atoms with E-state index in [0.717, 1.165) is 6.42 Å². The number of ether oxygens (including phenoxy) is 1. The number of rotatable bonds is 6. The molecule has 0 saturated carbocycles. The second-order valence-corrected chi connectivity index (χ2v) is 4.53. The van der Waals surface area contributed by atoms with E-state index < -0.39 is 11.6 Å². The molecule has 0 aliphatic carbocycles. The van der Waals surface area contributed by atoms with Crippen LogP contribution in [0.15, 0.2) is 42.5 Å². The Bertz CT molecular complexity index is 535. The number of halogens is 2. The van der Waals surface area contributed by atoms with Crippen molar-refractivity contribution in [3.05, 3.63) is 65.2 Å². The first-order valence-electron chi connectivity index (χ1n) is 6.55. The average molecular weight is 277 g/mol. The van der Waals surface area contributed by atoms with Gasteiger partial charge in [0, 0.05) is 6.54 Å². The minimum Gasteiger partial charge on any atom is -0.488 e. The summed E-state index contributed by atoms with van der Waals surface area (Å²) in [5.41, 5.74) is 6.94. The number of hydrogen-bond donors (Lipinski definition) is 1. The first kappa shape index (κ1) is 14.5. The van der Waals surface area contributed by atoms with Crippen LogP contribution in [0, 0.1) is 11.6 Å². The summed E-state index contributed by atoms with van der Waals surface area (Å²) in [5, 5.41) is 0. The predicted octanol–water partition coefficient (Wildman–Crippen LogP) is 3.44. The Morgan fingerprint density at radius 2 is 1.60 bits per heavy atom. The van der Waals surface area contributed by atoms with Gasteiger partial charge in [-0.1, -0.05) is 30.3 Å². The van der Waals surface area contributed by atoms with Crippen LogP contribution in [0.3, 0.4) is 0 Å². The van der Waals surface area contributed by atoms with Gasteiger partial charge in [-0.15, -0.1) is 0 Å². The van der Waals surface area contributed by atoms with Gasteiger partial charge in [0.05, 0.1) is 6.61 Å². The van der Waals surface area contributed by atoms with E-state index in [1.165, 1.54) is 17.7 Å². The van der Waals surface area contributed by atoms with Crippen LogP contribution < -0.4 is 10.5 Å². The Morgan fingerprint density at radius 3 is 2.20 bits per heavy atom. The van der Waals surface area contributed by atoms with Crippen LogP contribution in [-0.4, -0.2) is 6.61 Å². The van der Waals surface area contributed by atoms with E-state index >= 15 is 0 Å². The van der Waals surface area contributed by atoms with Gasteiger partial charge >= 0.3 is 0 Å². The van der Waals surface area contributed by atoms with Crippen molar-refractivity contribution in [2.45, 2.75) is 19.4 Å². The van der Waals surface area contributed by atoms with Gasteiger partial charge in [-0.3, -0.25) is 0 Å². The van der Waals surface area contributed by atoms with E-state index in [-0.39, 0.29) is 18.9 Å². The van der Waals surface area contributed by atoms with Gasteiger partial charge in [0.1, 0.15) is 0 Å². The minimum atomic E-state index is -0.704. The van der Waals surface area contributed by atoms with Gasteiger partial charge in [-0.05, 0) is 36.1 Å². The third kappa shape index (κ3) is 3.78. The second kappa shape index (κ2) is 7.01. The van der Waals surface area contributed by atoms with E-state index in [0.29, 0.717) is 12.0 Å². The van der Waals surface area contributed by atoms with E-state index in [9.17, 15) is 8.78 Å². The molecule has 0 atom stereocenters. The molecule has 2 N–H and O–H groups in total. The van der Waals surface area contributed by atoms with Crippen molar-refractivity contribution in [2.75, 3.05) is 6.61 Å². The number of benzene rings is 2. The maximum absolute atomic E-state index is 13.6. The monoisotopic (exact) mass is 277 g/mol. The first-order valence-corrected chi connectivity index (χ1v) is 6.55. The fourth-order valence-corrected chi connectivity index (χ4v) is 1.96. The SMILES string of the molecule is NCc1cc(F)c(OCCCc2ccccc2)c(F)c1. The van der Waals surface area contributed by atoms with E-state index in [4.69, 9.17) is 10.5 Å². The number of hydrogen-bond acceptors (Lipinski definition) is 2. The van der Waals surface area contributed by atoms with Crippen LogP contribution in [0.25, 0.3) is 0 Å². The molecule has 0 aliphatic rings. The summed E-state index contributed by atoms with van der Waals surface area (Å²) in [6, 6.07) is 12.3. The average Bonchev–Trinajstić information content (AvgIpc) is 2.46. The molecule has 0 aromatic heterocycles. The summed E-state index contributed by atoms with van der Waals surface area (Å²) in [7, 11) is 0. The Kier molecular flexibility index (Phi) is 5.07. The molecule has 2 aromatic rings. The quantitative estimate of drug-likeness (QED) is 0.821. The lowest BCUT2D eigenvalue weighted by Crippen LogP contribution is -2.05. The van der Waals surface area contributed by atoms with Crippen LogP contribution in [-0.2, 0) is 13.0 Å². The lowest BCUT2D eigenvalue weighted by atomic mass is 10.1. The lowest BCUT2D eigenvalue weighted by Gasteiger charge is -2.09. The second-order valence-electron chi connectivity index (χ2n) is 4.53. The Hall–Kier alpha value is -1.94. The Labute approximate surface area is 117 Å². The summed E-state index contributed by atoms with van der Waals surface area (Å²) >= 11 is 0. The Balaban J connectivity index is 1.88. The maximum atomic E-state index is 13.6. The molecule has 2 aromatic carbocycles. The van der Waals surface area contributed by atoms with Crippen molar-refractivity contribution in [1.82, 2.24) is 0 Å². The van der Waals surface area contributed by atoms with Crippen molar-refractivity contribution in [1.29, 1.82) is 0 Å². The van der Waals surface area contributed by atoms with Crippen molar-refractivity contribution in [3.8, 4) is 5.75 Å². The van der Waals surface area contributed by atoms with Gasteiger partial charge in [0.15, 0.2) is 17.4 Å². The molecule has 2 rings (SSSR count). The molecule has 0 amide bonds. The van der Waals surface area contributed by atoms with Gasteiger partial charge in [-0.25, -0.2) is 8.78 Å². The van der Waals surface area contributed by atoms with Gasteiger partial charge < -0.3 is 10.5 Å². The summed E-state index contributed by atoms with van der Waals surface area (Å²) in [4.78, 5) is 0. The van der Waals surface area contributed by atoms with Gasteiger partial charge in [-0.2, -0.15) is 0 Å². The highest BCUT2D eigenvalue weighted by molar-refractivity contribution is 5.31. The zero-order valence-electron chi connectivity index (χ0n) is 11.1. The van der Waals surface area contributed by atoms with E-state index in [1.807, 2.05) is 30.3 Å². The standard InChI is InChI=1S/C16H17F2NO/c17-14-9-13(11-19)10-15(18)16(14)20-8-4-7-12-5-2-1-3-6-12/h1-3,5-6,9-10H,4,7-8,11,19H2. The van der Waals surface area contributed by atoms with Crippen molar-refractivity contribution < 1.29 is 13.5 Å². The fraction of sp³-hybridized carbons (Fsp3) is 0.250. The van der Waals surface area contributed by atoms with Crippen molar-refractivity contribution >= 4 is 0 Å². The molecular formula is C16H17F2NO. The summed E-state index contributed by atoms with van der Waals surface area (Å²) in [5.74, 6) is -1.73. The summed E-state index contributed by atoms with van der Waals surface area (Å²) < 4.78 is 32.5. The highest BCUT2D eigenvalue weighted by Gasteiger charge is 2.12. The smallest absolute Gasteiger partial charge is 0.190 e. The van der Waals surface area contributed by atoms with Crippen LogP contribution in [0.2, 0.25) is 0 Å². The highest BCUT2D eigenvalue weighted by Crippen LogP contribution is 2.23.